The van der Waals surface area contributed by atoms with E-state index in [-0.39, 0.29) is 5.60 Å². The summed E-state index contributed by atoms with van der Waals surface area (Å²) in [6.45, 7) is 7.07. The first-order valence-corrected chi connectivity index (χ1v) is 9.02. The van der Waals surface area contributed by atoms with Gasteiger partial charge in [0.1, 0.15) is 10.8 Å². The summed E-state index contributed by atoms with van der Waals surface area (Å²) < 4.78 is 6.94. The molecule has 3 nitrogen and oxygen atoms in total. The van der Waals surface area contributed by atoms with Gasteiger partial charge >= 0.3 is 0 Å². The highest BCUT2D eigenvalue weighted by atomic mass is 79.9. The maximum absolute atomic E-state index is 6.33. The van der Waals surface area contributed by atoms with Crippen LogP contribution in [0.15, 0.2) is 4.47 Å². The van der Waals surface area contributed by atoms with Crippen LogP contribution in [0.3, 0.4) is 0 Å². The molecule has 0 N–H and O–H groups in total. The van der Waals surface area contributed by atoms with Crippen LogP contribution in [0.4, 0.5) is 0 Å². The summed E-state index contributed by atoms with van der Waals surface area (Å²) in [6.07, 6.45) is 6.45. The van der Waals surface area contributed by atoms with E-state index in [1.165, 1.54) is 6.42 Å². The third-order valence-electron chi connectivity index (χ3n) is 3.97. The SMILES string of the molecule is CCOC1(c2nc(Cl)c(Br)c(CC(C)C)n2)CCCCC1. The van der Waals surface area contributed by atoms with Gasteiger partial charge in [0.15, 0.2) is 5.82 Å². The predicted molar refractivity (Wildman–Crippen MR) is 89.7 cm³/mol. The summed E-state index contributed by atoms with van der Waals surface area (Å²) >= 11 is 9.86. The van der Waals surface area contributed by atoms with Crippen molar-refractivity contribution >= 4 is 27.5 Å². The molecule has 0 unspecified atom stereocenters. The van der Waals surface area contributed by atoms with Gasteiger partial charge in [0.05, 0.1) is 10.2 Å². The second-order valence-electron chi connectivity index (χ2n) is 6.18. The Morgan fingerprint density at radius 3 is 2.48 bits per heavy atom. The average Bonchev–Trinajstić information content (AvgIpc) is 2.44. The van der Waals surface area contributed by atoms with Crippen LogP contribution in [0, 0.1) is 5.92 Å². The molecular weight excluding hydrogens is 352 g/mol. The first-order chi connectivity index (χ1) is 9.98. The lowest BCUT2D eigenvalue weighted by Gasteiger charge is -2.36. The lowest BCUT2D eigenvalue weighted by molar-refractivity contribution is -0.0768. The third-order valence-corrected chi connectivity index (χ3v) is 5.31. The summed E-state index contributed by atoms with van der Waals surface area (Å²) in [6, 6.07) is 0. The van der Waals surface area contributed by atoms with Crippen molar-refractivity contribution in [1.82, 2.24) is 9.97 Å². The summed E-state index contributed by atoms with van der Waals surface area (Å²) in [5.41, 5.74) is 0.646. The molecule has 1 aromatic rings. The van der Waals surface area contributed by atoms with Gasteiger partial charge in [-0.1, -0.05) is 44.7 Å². The first-order valence-electron chi connectivity index (χ1n) is 7.85. The van der Waals surface area contributed by atoms with Gasteiger partial charge in [-0.15, -0.1) is 0 Å². The monoisotopic (exact) mass is 374 g/mol. The van der Waals surface area contributed by atoms with Gasteiger partial charge in [0.25, 0.3) is 0 Å². The Kier molecular flexibility index (Phi) is 6.04. The fraction of sp³-hybridized carbons (Fsp3) is 0.750. The quantitative estimate of drug-likeness (QED) is 0.656. The minimum Gasteiger partial charge on any atom is -0.367 e. The predicted octanol–water partition coefficient (Wildman–Crippen LogP) is 5.29. The molecule has 0 aliphatic heterocycles. The van der Waals surface area contributed by atoms with Gasteiger partial charge in [-0.3, -0.25) is 0 Å². The standard InChI is InChI=1S/C16H24BrClN2O/c1-4-21-16(8-6-5-7-9-16)15-19-12(10-11(2)3)13(17)14(18)20-15/h11H,4-10H2,1-3H3. The maximum atomic E-state index is 6.33. The largest absolute Gasteiger partial charge is 0.367 e. The summed E-state index contributed by atoms with van der Waals surface area (Å²) in [5, 5.41) is 0.500. The van der Waals surface area contributed by atoms with E-state index in [9.17, 15) is 0 Å². The molecule has 0 atom stereocenters. The van der Waals surface area contributed by atoms with Crippen LogP contribution in [0.25, 0.3) is 0 Å². The molecule has 0 spiro atoms. The Morgan fingerprint density at radius 2 is 1.90 bits per heavy atom. The second kappa shape index (κ2) is 7.38. The Labute approximate surface area is 141 Å². The normalized spacial score (nSPS) is 18.2. The molecule has 0 aromatic carbocycles. The summed E-state index contributed by atoms with van der Waals surface area (Å²) in [5.74, 6) is 1.29. The van der Waals surface area contributed by atoms with E-state index in [1.54, 1.807) is 0 Å². The van der Waals surface area contributed by atoms with E-state index in [0.29, 0.717) is 17.7 Å². The maximum Gasteiger partial charge on any atom is 0.162 e. The Hall–Kier alpha value is -0.190. The van der Waals surface area contributed by atoms with Gasteiger partial charge in [-0.05, 0) is 48.0 Å². The van der Waals surface area contributed by atoms with Crippen LogP contribution in [-0.4, -0.2) is 16.6 Å². The fourth-order valence-electron chi connectivity index (χ4n) is 3.02. The summed E-state index contributed by atoms with van der Waals surface area (Å²) in [7, 11) is 0. The number of nitrogens with zero attached hydrogens (tertiary/aromatic N) is 2. The zero-order chi connectivity index (χ0) is 15.5. The van der Waals surface area contributed by atoms with Gasteiger partial charge in [0.2, 0.25) is 0 Å². The van der Waals surface area contributed by atoms with Crippen molar-refractivity contribution in [1.29, 1.82) is 0 Å². The van der Waals surface area contributed by atoms with Crippen LogP contribution in [-0.2, 0) is 16.8 Å². The molecule has 1 aliphatic carbocycles. The average molecular weight is 376 g/mol. The van der Waals surface area contributed by atoms with Gasteiger partial charge in [-0.25, -0.2) is 9.97 Å². The second-order valence-corrected chi connectivity index (χ2v) is 7.34. The van der Waals surface area contributed by atoms with Crippen molar-refractivity contribution in [2.75, 3.05) is 6.61 Å². The minimum atomic E-state index is -0.344. The molecule has 0 radical (unpaired) electrons. The molecule has 0 bridgehead atoms. The van der Waals surface area contributed by atoms with E-state index in [4.69, 9.17) is 21.3 Å². The van der Waals surface area contributed by atoms with Crippen molar-refractivity contribution in [2.24, 2.45) is 5.92 Å². The Bertz CT molecular complexity index is 482. The Balaban J connectivity index is 2.42. The molecule has 1 saturated carbocycles. The van der Waals surface area contributed by atoms with Gasteiger partial charge < -0.3 is 4.74 Å². The molecule has 118 valence electrons. The van der Waals surface area contributed by atoms with Crippen molar-refractivity contribution in [2.45, 2.75) is 64.9 Å². The molecule has 21 heavy (non-hydrogen) atoms. The van der Waals surface area contributed by atoms with E-state index in [0.717, 1.165) is 48.1 Å². The number of ether oxygens (including phenoxy) is 1. The minimum absolute atomic E-state index is 0.344. The molecule has 5 heteroatoms. The van der Waals surface area contributed by atoms with Gasteiger partial charge in [-0.2, -0.15) is 0 Å². The molecule has 1 aromatic heterocycles. The molecule has 1 fully saturated rings. The fourth-order valence-corrected chi connectivity index (χ4v) is 3.55. The first kappa shape index (κ1) is 17.2. The van der Waals surface area contributed by atoms with Crippen LogP contribution in [0.1, 0.15) is 64.4 Å². The molecular formula is C16H24BrClN2O. The number of hydrogen-bond acceptors (Lipinski definition) is 3. The zero-order valence-corrected chi connectivity index (χ0v) is 15.4. The van der Waals surface area contributed by atoms with Crippen LogP contribution in [0.5, 0.6) is 0 Å². The van der Waals surface area contributed by atoms with Crippen molar-refractivity contribution in [3.05, 3.63) is 21.1 Å². The lowest BCUT2D eigenvalue weighted by Crippen LogP contribution is -2.35. The van der Waals surface area contributed by atoms with Crippen LogP contribution in [0.2, 0.25) is 5.15 Å². The molecule has 0 saturated heterocycles. The van der Waals surface area contributed by atoms with E-state index in [2.05, 4.69) is 34.8 Å². The van der Waals surface area contributed by atoms with Crippen LogP contribution >= 0.6 is 27.5 Å². The summed E-state index contributed by atoms with van der Waals surface area (Å²) in [4.78, 5) is 9.36. The van der Waals surface area contributed by atoms with E-state index >= 15 is 0 Å². The molecule has 1 heterocycles. The smallest absolute Gasteiger partial charge is 0.162 e. The number of aromatic nitrogens is 2. The number of hydrogen-bond donors (Lipinski definition) is 0. The highest BCUT2D eigenvalue weighted by Gasteiger charge is 2.38. The van der Waals surface area contributed by atoms with Crippen molar-refractivity contribution < 1.29 is 4.74 Å². The van der Waals surface area contributed by atoms with E-state index in [1.807, 2.05) is 6.92 Å². The van der Waals surface area contributed by atoms with Gasteiger partial charge in [0, 0.05) is 6.61 Å². The third kappa shape index (κ3) is 3.96. The van der Waals surface area contributed by atoms with Crippen molar-refractivity contribution in [3.8, 4) is 0 Å². The molecule has 1 aliphatic rings. The van der Waals surface area contributed by atoms with Crippen LogP contribution < -0.4 is 0 Å². The topological polar surface area (TPSA) is 35.0 Å². The highest BCUT2D eigenvalue weighted by molar-refractivity contribution is 9.10. The van der Waals surface area contributed by atoms with E-state index < -0.39 is 0 Å². The lowest BCUT2D eigenvalue weighted by atomic mass is 9.83. The molecule has 0 amide bonds. The zero-order valence-electron chi connectivity index (χ0n) is 13.1. The Morgan fingerprint density at radius 1 is 1.24 bits per heavy atom. The highest BCUT2D eigenvalue weighted by Crippen LogP contribution is 2.40. The number of halogens is 2. The molecule has 2 rings (SSSR count). The number of rotatable bonds is 5. The van der Waals surface area contributed by atoms with Crippen molar-refractivity contribution in [3.63, 3.8) is 0 Å².